The molecule has 2 N–H and O–H groups in total. The number of para-hydroxylation sites is 1. The van der Waals surface area contributed by atoms with Crippen molar-refractivity contribution in [1.82, 2.24) is 29.3 Å². The number of imidazole rings is 1. The second-order valence-corrected chi connectivity index (χ2v) is 8.09. The first-order chi connectivity index (χ1) is 15.0. The van der Waals surface area contributed by atoms with Crippen molar-refractivity contribution >= 4 is 27.9 Å². The topological polar surface area (TPSA) is 108 Å². The molecule has 1 aliphatic rings. The van der Waals surface area contributed by atoms with Crippen molar-refractivity contribution in [2.45, 2.75) is 45.8 Å². The van der Waals surface area contributed by atoms with E-state index in [1.165, 1.54) is 4.68 Å². The SMILES string of the molecule is CCn1c(N2CCC[C@@H](N)C2)nc2cnn(Cc3nc(C)c4ccccc4n3)c(=O)c21. The Kier molecular flexibility index (Phi) is 4.90. The molecule has 1 saturated heterocycles. The van der Waals surface area contributed by atoms with E-state index in [0.717, 1.165) is 48.5 Å². The van der Waals surface area contributed by atoms with Crippen molar-refractivity contribution in [3.63, 3.8) is 0 Å². The lowest BCUT2D eigenvalue weighted by Gasteiger charge is -2.31. The lowest BCUT2D eigenvalue weighted by molar-refractivity contribution is 0.494. The highest BCUT2D eigenvalue weighted by molar-refractivity contribution is 5.80. The van der Waals surface area contributed by atoms with Crippen molar-refractivity contribution in [3.05, 3.63) is 52.3 Å². The van der Waals surface area contributed by atoms with Crippen molar-refractivity contribution in [2.24, 2.45) is 5.73 Å². The summed E-state index contributed by atoms with van der Waals surface area (Å²) < 4.78 is 3.39. The van der Waals surface area contributed by atoms with E-state index >= 15 is 0 Å². The maximum absolute atomic E-state index is 13.4. The second kappa shape index (κ2) is 7.73. The van der Waals surface area contributed by atoms with Gasteiger partial charge in [0.05, 0.1) is 11.7 Å². The van der Waals surface area contributed by atoms with E-state index in [9.17, 15) is 4.79 Å². The molecule has 4 heterocycles. The standard InChI is InChI=1S/C22H26N8O/c1-3-29-20-18(27-22(29)28-10-6-7-15(23)12-28)11-24-30(21(20)31)13-19-25-14(2)16-8-4-5-9-17(16)26-19/h4-5,8-9,11,15H,3,6-7,10,12-13,23H2,1-2H3/t15-/m1/s1. The van der Waals surface area contributed by atoms with Crippen molar-refractivity contribution in [2.75, 3.05) is 18.0 Å². The molecule has 4 aromatic rings. The average molecular weight is 419 g/mol. The molecular weight excluding hydrogens is 392 g/mol. The van der Waals surface area contributed by atoms with Gasteiger partial charge in [-0.3, -0.25) is 4.79 Å². The second-order valence-electron chi connectivity index (χ2n) is 8.09. The monoisotopic (exact) mass is 418 g/mol. The van der Waals surface area contributed by atoms with Crippen molar-refractivity contribution in [3.8, 4) is 0 Å². The number of nitrogens with zero attached hydrogens (tertiary/aromatic N) is 7. The number of anilines is 1. The molecule has 9 heteroatoms. The van der Waals surface area contributed by atoms with Gasteiger partial charge in [0.25, 0.3) is 5.56 Å². The Labute approximate surface area is 179 Å². The summed E-state index contributed by atoms with van der Waals surface area (Å²) in [6, 6.07) is 8.00. The zero-order chi connectivity index (χ0) is 21.5. The molecule has 0 saturated carbocycles. The van der Waals surface area contributed by atoms with E-state index in [1.54, 1.807) is 6.20 Å². The van der Waals surface area contributed by atoms with Crippen LogP contribution in [0.3, 0.4) is 0 Å². The number of hydrogen-bond donors (Lipinski definition) is 1. The highest BCUT2D eigenvalue weighted by Crippen LogP contribution is 2.23. The summed E-state index contributed by atoms with van der Waals surface area (Å²) in [5, 5.41) is 5.38. The fourth-order valence-electron chi connectivity index (χ4n) is 4.42. The molecule has 0 aliphatic carbocycles. The number of rotatable bonds is 4. The van der Waals surface area contributed by atoms with Gasteiger partial charge in [0.1, 0.15) is 17.6 Å². The summed E-state index contributed by atoms with van der Waals surface area (Å²) in [5.74, 6) is 1.36. The normalized spacial score (nSPS) is 17.0. The van der Waals surface area contributed by atoms with Crippen molar-refractivity contribution < 1.29 is 0 Å². The third-order valence-electron chi connectivity index (χ3n) is 5.92. The molecule has 1 atom stereocenters. The highest BCUT2D eigenvalue weighted by atomic mass is 16.1. The Balaban J connectivity index is 1.56. The van der Waals surface area contributed by atoms with Gasteiger partial charge in [-0.15, -0.1) is 0 Å². The van der Waals surface area contributed by atoms with E-state index in [1.807, 2.05) is 42.7 Å². The van der Waals surface area contributed by atoms with Crippen LogP contribution in [0, 0.1) is 6.92 Å². The van der Waals surface area contributed by atoms with Gasteiger partial charge in [-0.1, -0.05) is 18.2 Å². The van der Waals surface area contributed by atoms with Gasteiger partial charge in [0.15, 0.2) is 5.82 Å². The zero-order valence-electron chi connectivity index (χ0n) is 17.8. The number of hydrogen-bond acceptors (Lipinski definition) is 7. The minimum atomic E-state index is -0.186. The number of piperidine rings is 1. The van der Waals surface area contributed by atoms with Crippen LogP contribution in [0.4, 0.5) is 5.95 Å². The summed E-state index contributed by atoms with van der Waals surface area (Å²) in [5.41, 5.74) is 8.90. The fraction of sp³-hybridized carbons (Fsp3) is 0.409. The Morgan fingerprint density at radius 2 is 2.00 bits per heavy atom. The lowest BCUT2D eigenvalue weighted by atomic mass is 10.1. The average Bonchev–Trinajstić information content (AvgIpc) is 3.15. The molecule has 5 rings (SSSR count). The number of aromatic nitrogens is 6. The Hall–Kier alpha value is -3.33. The summed E-state index contributed by atoms with van der Waals surface area (Å²) in [4.78, 5) is 29.5. The van der Waals surface area contributed by atoms with Crippen LogP contribution in [0.5, 0.6) is 0 Å². The van der Waals surface area contributed by atoms with Gasteiger partial charge in [-0.25, -0.2) is 19.6 Å². The van der Waals surface area contributed by atoms with Crippen LogP contribution in [0.1, 0.15) is 31.3 Å². The molecule has 9 nitrogen and oxygen atoms in total. The van der Waals surface area contributed by atoms with E-state index in [4.69, 9.17) is 10.7 Å². The van der Waals surface area contributed by atoms with Gasteiger partial charge in [0.2, 0.25) is 5.95 Å². The molecule has 0 radical (unpaired) electrons. The first-order valence-electron chi connectivity index (χ1n) is 10.7. The molecule has 0 unspecified atom stereocenters. The van der Waals surface area contributed by atoms with E-state index in [2.05, 4.69) is 20.0 Å². The van der Waals surface area contributed by atoms with Crippen LogP contribution >= 0.6 is 0 Å². The third kappa shape index (κ3) is 3.44. The van der Waals surface area contributed by atoms with Crippen LogP contribution in [-0.4, -0.2) is 48.4 Å². The number of benzene rings is 1. The van der Waals surface area contributed by atoms with Gasteiger partial charge < -0.3 is 15.2 Å². The molecule has 0 bridgehead atoms. The van der Waals surface area contributed by atoms with Crippen molar-refractivity contribution in [1.29, 1.82) is 0 Å². The van der Waals surface area contributed by atoms with Gasteiger partial charge in [-0.2, -0.15) is 5.10 Å². The molecule has 31 heavy (non-hydrogen) atoms. The highest BCUT2D eigenvalue weighted by Gasteiger charge is 2.24. The van der Waals surface area contributed by atoms with Crippen LogP contribution in [-0.2, 0) is 13.1 Å². The summed E-state index contributed by atoms with van der Waals surface area (Å²) in [6.07, 6.45) is 3.70. The predicted octanol–water partition coefficient (Wildman–Crippen LogP) is 1.84. The maximum Gasteiger partial charge on any atom is 0.293 e. The van der Waals surface area contributed by atoms with Crippen LogP contribution in [0.2, 0.25) is 0 Å². The molecule has 160 valence electrons. The minimum absolute atomic E-state index is 0.127. The zero-order valence-corrected chi connectivity index (χ0v) is 17.8. The molecule has 3 aromatic heterocycles. The van der Waals surface area contributed by atoms with E-state index < -0.39 is 0 Å². The number of nitrogens with two attached hydrogens (primary N) is 1. The molecule has 1 aliphatic heterocycles. The molecule has 1 fully saturated rings. The van der Waals surface area contributed by atoms with Crippen LogP contribution in [0.15, 0.2) is 35.3 Å². The number of fused-ring (bicyclic) bond motifs is 2. The minimum Gasteiger partial charge on any atom is -0.341 e. The predicted molar refractivity (Wildman–Crippen MR) is 120 cm³/mol. The first kappa shape index (κ1) is 19.6. The Morgan fingerprint density at radius 3 is 2.81 bits per heavy atom. The molecular formula is C22H26N8O. The molecule has 0 spiro atoms. The van der Waals surface area contributed by atoms with E-state index in [-0.39, 0.29) is 18.1 Å². The number of aryl methyl sites for hydroxylation is 2. The summed E-state index contributed by atoms with van der Waals surface area (Å²) in [6.45, 7) is 6.46. The Bertz CT molecular complexity index is 1320. The fourth-order valence-corrected chi connectivity index (χ4v) is 4.42. The molecule has 0 amide bonds. The Morgan fingerprint density at radius 1 is 1.16 bits per heavy atom. The van der Waals surface area contributed by atoms with Crippen LogP contribution in [0.25, 0.3) is 21.9 Å². The summed E-state index contributed by atoms with van der Waals surface area (Å²) >= 11 is 0. The largest absolute Gasteiger partial charge is 0.341 e. The smallest absolute Gasteiger partial charge is 0.293 e. The quantitative estimate of drug-likeness (QED) is 0.539. The van der Waals surface area contributed by atoms with E-state index in [0.29, 0.717) is 23.4 Å². The van der Waals surface area contributed by atoms with Gasteiger partial charge in [0, 0.05) is 36.8 Å². The maximum atomic E-state index is 13.4. The van der Waals surface area contributed by atoms with Crippen LogP contribution < -0.4 is 16.2 Å². The first-order valence-corrected chi connectivity index (χ1v) is 10.7. The third-order valence-corrected chi connectivity index (χ3v) is 5.92. The van der Waals surface area contributed by atoms with Gasteiger partial charge in [-0.05, 0) is 32.8 Å². The molecule has 1 aromatic carbocycles. The van der Waals surface area contributed by atoms with Gasteiger partial charge >= 0.3 is 0 Å². The summed E-state index contributed by atoms with van der Waals surface area (Å²) in [7, 11) is 0. The lowest BCUT2D eigenvalue weighted by Crippen LogP contribution is -2.44.